The van der Waals surface area contributed by atoms with Gasteiger partial charge in [0.2, 0.25) is 0 Å². The zero-order valence-corrected chi connectivity index (χ0v) is 14.3. The average molecular weight is 343 g/mol. The number of rotatable bonds is 5. The maximum atomic E-state index is 14.4. The van der Waals surface area contributed by atoms with Crippen LogP contribution in [0.5, 0.6) is 5.75 Å². The second kappa shape index (κ2) is 6.59. The van der Waals surface area contributed by atoms with Gasteiger partial charge in [-0.05, 0) is 31.2 Å². The summed E-state index contributed by atoms with van der Waals surface area (Å²) in [6.07, 6.45) is 3.95. The van der Waals surface area contributed by atoms with Gasteiger partial charge in [-0.3, -0.25) is 9.69 Å². The van der Waals surface area contributed by atoms with Gasteiger partial charge in [0.1, 0.15) is 5.82 Å². The Morgan fingerprint density at radius 3 is 3.00 bits per heavy atom. The third-order valence-electron chi connectivity index (χ3n) is 5.04. The summed E-state index contributed by atoms with van der Waals surface area (Å²) in [5.74, 6) is 1.41. The van der Waals surface area contributed by atoms with Gasteiger partial charge in [0.25, 0.3) is 5.56 Å². The molecule has 0 unspecified atom stereocenters. The Bertz CT molecular complexity index is 845. The van der Waals surface area contributed by atoms with E-state index in [1.807, 2.05) is 0 Å². The summed E-state index contributed by atoms with van der Waals surface area (Å²) in [5.41, 5.74) is 2.22. The molecule has 1 aliphatic carbocycles. The number of H-pyrrole nitrogens is 1. The molecule has 1 fully saturated rings. The summed E-state index contributed by atoms with van der Waals surface area (Å²) in [7, 11) is 1.47. The van der Waals surface area contributed by atoms with Gasteiger partial charge in [-0.25, -0.2) is 9.37 Å². The van der Waals surface area contributed by atoms with Crippen LogP contribution in [0.3, 0.4) is 0 Å². The molecule has 4 rings (SSSR count). The van der Waals surface area contributed by atoms with E-state index < -0.39 is 0 Å². The minimum Gasteiger partial charge on any atom is -0.494 e. The Hall–Kier alpha value is -2.21. The minimum atomic E-state index is -0.316. The molecular formula is C19H22FN3O2. The maximum absolute atomic E-state index is 14.4. The van der Waals surface area contributed by atoms with Gasteiger partial charge in [0.05, 0.1) is 12.8 Å². The van der Waals surface area contributed by atoms with Crippen molar-refractivity contribution in [1.82, 2.24) is 14.9 Å². The van der Waals surface area contributed by atoms with Crippen LogP contribution in [0.4, 0.5) is 4.39 Å². The number of hydrogen-bond donors (Lipinski definition) is 1. The highest BCUT2D eigenvalue weighted by atomic mass is 19.1. The smallest absolute Gasteiger partial charge is 0.254 e. The Kier molecular flexibility index (Phi) is 4.29. The van der Waals surface area contributed by atoms with Crippen molar-refractivity contribution in [2.24, 2.45) is 5.92 Å². The molecule has 2 aliphatic rings. The Labute approximate surface area is 145 Å². The molecule has 2 aromatic rings. The van der Waals surface area contributed by atoms with Gasteiger partial charge >= 0.3 is 0 Å². The molecule has 1 aliphatic heterocycles. The van der Waals surface area contributed by atoms with E-state index in [0.717, 1.165) is 30.0 Å². The first-order valence-electron chi connectivity index (χ1n) is 8.78. The monoisotopic (exact) mass is 343 g/mol. The highest BCUT2D eigenvalue weighted by Gasteiger charge is 2.26. The van der Waals surface area contributed by atoms with E-state index in [4.69, 9.17) is 4.74 Å². The molecule has 0 saturated heterocycles. The maximum Gasteiger partial charge on any atom is 0.254 e. The number of methoxy groups -OCH3 is 1. The summed E-state index contributed by atoms with van der Waals surface area (Å²) in [6, 6.07) is 5.19. The van der Waals surface area contributed by atoms with Gasteiger partial charge in [0.15, 0.2) is 11.6 Å². The van der Waals surface area contributed by atoms with Crippen LogP contribution in [0, 0.1) is 11.7 Å². The standard InChI is InChI=1S/C19H22FN3O2/c1-25-16-4-2-3-13(18(16)20)10-23-8-7-14-15(11-23)21-17(22-19(14)24)9-12-5-6-12/h2-4,12H,5-11H2,1H3,(H,21,22,24). The topological polar surface area (TPSA) is 58.2 Å². The predicted octanol–water partition coefficient (Wildman–Crippen LogP) is 2.43. The van der Waals surface area contributed by atoms with E-state index in [0.29, 0.717) is 31.0 Å². The van der Waals surface area contributed by atoms with Crippen LogP contribution in [-0.2, 0) is 25.9 Å². The molecule has 6 heteroatoms. The Morgan fingerprint density at radius 1 is 1.40 bits per heavy atom. The van der Waals surface area contributed by atoms with E-state index in [-0.39, 0.29) is 17.1 Å². The van der Waals surface area contributed by atoms with E-state index in [9.17, 15) is 9.18 Å². The highest BCUT2D eigenvalue weighted by molar-refractivity contribution is 5.31. The number of benzene rings is 1. The number of aromatic nitrogens is 2. The summed E-state index contributed by atoms with van der Waals surface area (Å²) in [4.78, 5) is 22.1. The first-order chi connectivity index (χ1) is 12.1. The van der Waals surface area contributed by atoms with Crippen LogP contribution >= 0.6 is 0 Å². The molecule has 0 atom stereocenters. The molecule has 0 spiro atoms. The van der Waals surface area contributed by atoms with E-state index in [1.165, 1.54) is 20.0 Å². The molecule has 0 bridgehead atoms. The van der Waals surface area contributed by atoms with Crippen molar-refractivity contribution in [3.63, 3.8) is 0 Å². The first-order valence-corrected chi connectivity index (χ1v) is 8.78. The lowest BCUT2D eigenvalue weighted by Gasteiger charge is -2.28. The predicted molar refractivity (Wildman–Crippen MR) is 92.1 cm³/mol. The largest absolute Gasteiger partial charge is 0.494 e. The summed E-state index contributed by atoms with van der Waals surface area (Å²) >= 11 is 0. The van der Waals surface area contributed by atoms with Gasteiger partial charge in [-0.1, -0.05) is 12.1 Å². The molecular weight excluding hydrogens is 321 g/mol. The molecule has 1 aromatic heterocycles. The highest BCUT2D eigenvalue weighted by Crippen LogP contribution is 2.31. The molecule has 5 nitrogen and oxygen atoms in total. The molecule has 1 saturated carbocycles. The van der Waals surface area contributed by atoms with Crippen LogP contribution in [-0.4, -0.2) is 28.5 Å². The molecule has 25 heavy (non-hydrogen) atoms. The molecule has 0 radical (unpaired) electrons. The van der Waals surface area contributed by atoms with E-state index in [2.05, 4.69) is 14.9 Å². The van der Waals surface area contributed by atoms with Gasteiger partial charge in [0, 0.05) is 37.2 Å². The summed E-state index contributed by atoms with van der Waals surface area (Å²) < 4.78 is 19.4. The van der Waals surface area contributed by atoms with Crippen LogP contribution in [0.15, 0.2) is 23.0 Å². The number of ether oxygens (including phenoxy) is 1. The minimum absolute atomic E-state index is 0.00661. The van der Waals surface area contributed by atoms with Crippen LogP contribution in [0.2, 0.25) is 0 Å². The number of halogens is 1. The fourth-order valence-corrected chi connectivity index (χ4v) is 3.45. The second-order valence-electron chi connectivity index (χ2n) is 6.98. The van der Waals surface area contributed by atoms with Crippen molar-refractivity contribution in [3.8, 4) is 5.75 Å². The van der Waals surface area contributed by atoms with Crippen molar-refractivity contribution in [3.05, 3.63) is 57.0 Å². The first kappa shape index (κ1) is 16.3. The number of nitrogens with one attached hydrogen (secondary N) is 1. The lowest BCUT2D eigenvalue weighted by Crippen LogP contribution is -2.35. The zero-order chi connectivity index (χ0) is 17.4. The fourth-order valence-electron chi connectivity index (χ4n) is 3.45. The normalized spacial score (nSPS) is 17.4. The van der Waals surface area contributed by atoms with Crippen LogP contribution < -0.4 is 10.3 Å². The van der Waals surface area contributed by atoms with Crippen molar-refractivity contribution in [2.45, 2.75) is 38.8 Å². The summed E-state index contributed by atoms with van der Waals surface area (Å²) in [5, 5.41) is 0. The third-order valence-corrected chi connectivity index (χ3v) is 5.04. The molecule has 0 amide bonds. The molecule has 1 aromatic carbocycles. The van der Waals surface area contributed by atoms with Crippen molar-refractivity contribution in [2.75, 3.05) is 13.7 Å². The van der Waals surface area contributed by atoms with E-state index in [1.54, 1.807) is 18.2 Å². The van der Waals surface area contributed by atoms with Gasteiger partial charge in [-0.15, -0.1) is 0 Å². The quantitative estimate of drug-likeness (QED) is 0.906. The number of fused-ring (bicyclic) bond motifs is 1. The SMILES string of the molecule is COc1cccc(CN2CCc3c(nc(CC4CC4)[nH]c3=O)C2)c1F. The van der Waals surface area contributed by atoms with Crippen molar-refractivity contribution < 1.29 is 9.13 Å². The van der Waals surface area contributed by atoms with Gasteiger partial charge < -0.3 is 9.72 Å². The number of aromatic amines is 1. The molecule has 2 heterocycles. The van der Waals surface area contributed by atoms with Gasteiger partial charge in [-0.2, -0.15) is 0 Å². The van der Waals surface area contributed by atoms with Crippen molar-refractivity contribution in [1.29, 1.82) is 0 Å². The van der Waals surface area contributed by atoms with Crippen LogP contribution in [0.1, 0.15) is 35.5 Å². The molecule has 1 N–H and O–H groups in total. The zero-order valence-electron chi connectivity index (χ0n) is 14.3. The third kappa shape index (κ3) is 3.44. The second-order valence-corrected chi connectivity index (χ2v) is 6.98. The molecule has 132 valence electrons. The average Bonchev–Trinajstić information content (AvgIpc) is 3.40. The summed E-state index contributed by atoms with van der Waals surface area (Å²) in [6.45, 7) is 1.78. The Morgan fingerprint density at radius 2 is 2.24 bits per heavy atom. The fraction of sp³-hybridized carbons (Fsp3) is 0.474. The van der Waals surface area contributed by atoms with Crippen LogP contribution in [0.25, 0.3) is 0 Å². The lowest BCUT2D eigenvalue weighted by molar-refractivity contribution is 0.235. The van der Waals surface area contributed by atoms with Crippen molar-refractivity contribution >= 4 is 0 Å². The lowest BCUT2D eigenvalue weighted by atomic mass is 10.0. The Balaban J connectivity index is 1.54. The number of hydrogen-bond acceptors (Lipinski definition) is 4. The number of nitrogens with zero attached hydrogens (tertiary/aromatic N) is 2. The van der Waals surface area contributed by atoms with E-state index >= 15 is 0 Å².